The van der Waals surface area contributed by atoms with Gasteiger partial charge in [-0.25, -0.2) is 4.79 Å². The highest BCUT2D eigenvalue weighted by Gasteiger charge is 2.21. The van der Waals surface area contributed by atoms with Gasteiger partial charge in [0.25, 0.3) is 5.91 Å². The zero-order valence-electron chi connectivity index (χ0n) is 15.3. The number of H-pyrrole nitrogens is 1. The Morgan fingerprint density at radius 2 is 2.04 bits per heavy atom. The molecule has 26 heavy (non-hydrogen) atoms. The predicted octanol–water partition coefficient (Wildman–Crippen LogP) is 3.51. The molecule has 2 aliphatic carbocycles. The van der Waals surface area contributed by atoms with Crippen molar-refractivity contribution in [3.05, 3.63) is 35.0 Å². The van der Waals surface area contributed by atoms with Gasteiger partial charge in [0.15, 0.2) is 6.61 Å². The van der Waals surface area contributed by atoms with Crippen LogP contribution in [0.5, 0.6) is 0 Å². The van der Waals surface area contributed by atoms with Crippen molar-refractivity contribution in [3.63, 3.8) is 0 Å². The Balaban J connectivity index is 1.43. The van der Waals surface area contributed by atoms with Gasteiger partial charge in [0.05, 0.1) is 5.56 Å². The molecule has 1 saturated carbocycles. The van der Waals surface area contributed by atoms with Gasteiger partial charge in [-0.05, 0) is 61.8 Å². The Kier molecular flexibility index (Phi) is 4.70. The van der Waals surface area contributed by atoms with Crippen molar-refractivity contribution in [1.29, 1.82) is 0 Å². The fourth-order valence-electron chi connectivity index (χ4n) is 4.27. The van der Waals surface area contributed by atoms with E-state index >= 15 is 0 Å². The number of amides is 1. The topological polar surface area (TPSA) is 71.2 Å². The third kappa shape index (κ3) is 3.48. The Morgan fingerprint density at radius 3 is 2.85 bits per heavy atom. The number of carbonyl (C=O) groups excluding carboxylic acids is 2. The van der Waals surface area contributed by atoms with Crippen LogP contribution in [0.25, 0.3) is 10.9 Å². The van der Waals surface area contributed by atoms with E-state index < -0.39 is 5.97 Å². The maximum absolute atomic E-state index is 12.4. The average Bonchev–Trinajstić information content (AvgIpc) is 3.26. The Hall–Kier alpha value is -2.30. The largest absolute Gasteiger partial charge is 0.452 e. The van der Waals surface area contributed by atoms with E-state index in [2.05, 4.69) is 17.2 Å². The molecule has 1 aromatic heterocycles. The SMILES string of the molecule is C[C@@H]1CCc2[nH]c3ccc(C(=O)OCC(=O)NC4CCCC4)cc3c2C1. The number of ether oxygens (including phenoxy) is 1. The molecular weight excluding hydrogens is 328 g/mol. The maximum atomic E-state index is 12.4. The van der Waals surface area contributed by atoms with Crippen LogP contribution >= 0.6 is 0 Å². The predicted molar refractivity (Wildman–Crippen MR) is 100 cm³/mol. The molecule has 1 atom stereocenters. The van der Waals surface area contributed by atoms with Gasteiger partial charge in [-0.3, -0.25) is 4.79 Å². The molecule has 1 fully saturated rings. The van der Waals surface area contributed by atoms with Crippen molar-refractivity contribution in [1.82, 2.24) is 10.3 Å². The van der Waals surface area contributed by atoms with Crippen LogP contribution < -0.4 is 5.32 Å². The summed E-state index contributed by atoms with van der Waals surface area (Å²) in [6.07, 6.45) is 7.66. The molecule has 1 heterocycles. The van der Waals surface area contributed by atoms with Gasteiger partial charge >= 0.3 is 5.97 Å². The molecule has 0 aliphatic heterocycles. The monoisotopic (exact) mass is 354 g/mol. The van der Waals surface area contributed by atoms with E-state index in [0.29, 0.717) is 11.5 Å². The number of fused-ring (bicyclic) bond motifs is 3. The Labute approximate surface area is 153 Å². The highest BCUT2D eigenvalue weighted by molar-refractivity contribution is 5.97. The lowest BCUT2D eigenvalue weighted by molar-refractivity contribution is -0.124. The summed E-state index contributed by atoms with van der Waals surface area (Å²) < 4.78 is 5.23. The smallest absolute Gasteiger partial charge is 0.338 e. The van der Waals surface area contributed by atoms with E-state index in [1.54, 1.807) is 6.07 Å². The lowest BCUT2D eigenvalue weighted by Gasteiger charge is -2.18. The first-order valence-corrected chi connectivity index (χ1v) is 9.70. The quantitative estimate of drug-likeness (QED) is 0.826. The van der Waals surface area contributed by atoms with Gasteiger partial charge in [-0.1, -0.05) is 19.8 Å². The molecule has 0 bridgehead atoms. The first-order valence-electron chi connectivity index (χ1n) is 9.70. The zero-order valence-corrected chi connectivity index (χ0v) is 15.3. The van der Waals surface area contributed by atoms with Crippen molar-refractivity contribution >= 4 is 22.8 Å². The molecule has 0 unspecified atom stereocenters. The van der Waals surface area contributed by atoms with Gasteiger partial charge in [0.1, 0.15) is 0 Å². The lowest BCUT2D eigenvalue weighted by Crippen LogP contribution is -2.35. The van der Waals surface area contributed by atoms with E-state index in [-0.39, 0.29) is 18.6 Å². The molecule has 5 heteroatoms. The van der Waals surface area contributed by atoms with Crippen LogP contribution in [-0.4, -0.2) is 29.5 Å². The second-order valence-electron chi connectivity index (χ2n) is 7.82. The minimum atomic E-state index is -0.438. The summed E-state index contributed by atoms with van der Waals surface area (Å²) >= 11 is 0. The summed E-state index contributed by atoms with van der Waals surface area (Å²) in [4.78, 5) is 27.8. The van der Waals surface area contributed by atoms with Gasteiger partial charge in [0, 0.05) is 22.6 Å². The molecule has 0 saturated heterocycles. The van der Waals surface area contributed by atoms with Crippen molar-refractivity contribution in [2.75, 3.05) is 6.61 Å². The van der Waals surface area contributed by atoms with E-state index in [1.807, 2.05) is 12.1 Å². The van der Waals surface area contributed by atoms with Gasteiger partial charge < -0.3 is 15.0 Å². The Morgan fingerprint density at radius 1 is 1.23 bits per heavy atom. The third-order valence-corrected chi connectivity index (χ3v) is 5.72. The van der Waals surface area contributed by atoms with Crippen LogP contribution in [-0.2, 0) is 22.4 Å². The molecule has 2 aliphatic rings. The number of hydrogen-bond acceptors (Lipinski definition) is 3. The number of rotatable bonds is 4. The fourth-order valence-corrected chi connectivity index (χ4v) is 4.27. The lowest BCUT2D eigenvalue weighted by atomic mass is 9.87. The van der Waals surface area contributed by atoms with Crippen LogP contribution in [0, 0.1) is 5.92 Å². The highest BCUT2D eigenvalue weighted by atomic mass is 16.5. The highest BCUT2D eigenvalue weighted by Crippen LogP contribution is 2.32. The van der Waals surface area contributed by atoms with E-state index in [9.17, 15) is 9.59 Å². The summed E-state index contributed by atoms with van der Waals surface area (Å²) in [5.41, 5.74) is 4.19. The van der Waals surface area contributed by atoms with Crippen molar-refractivity contribution in [2.45, 2.75) is 57.9 Å². The van der Waals surface area contributed by atoms with Crippen LogP contribution in [0.1, 0.15) is 60.6 Å². The number of benzene rings is 1. The van der Waals surface area contributed by atoms with Crippen molar-refractivity contribution in [2.24, 2.45) is 5.92 Å². The molecule has 5 nitrogen and oxygen atoms in total. The minimum Gasteiger partial charge on any atom is -0.452 e. The second kappa shape index (κ2) is 7.14. The molecule has 2 aromatic rings. The number of hydrogen-bond donors (Lipinski definition) is 2. The number of aromatic amines is 1. The van der Waals surface area contributed by atoms with Gasteiger partial charge in [0.2, 0.25) is 0 Å². The molecule has 4 rings (SSSR count). The molecule has 2 N–H and O–H groups in total. The normalized spacial score (nSPS) is 20.1. The van der Waals surface area contributed by atoms with Gasteiger partial charge in [-0.15, -0.1) is 0 Å². The van der Waals surface area contributed by atoms with Crippen LogP contribution in [0.4, 0.5) is 0 Å². The second-order valence-corrected chi connectivity index (χ2v) is 7.82. The molecule has 1 amide bonds. The number of carbonyl (C=O) groups is 2. The number of aromatic nitrogens is 1. The summed E-state index contributed by atoms with van der Waals surface area (Å²) in [5.74, 6) is 0.0165. The summed E-state index contributed by atoms with van der Waals surface area (Å²) in [6, 6.07) is 5.85. The van der Waals surface area contributed by atoms with E-state index in [4.69, 9.17) is 4.74 Å². The number of nitrogens with one attached hydrogen (secondary N) is 2. The fraction of sp³-hybridized carbons (Fsp3) is 0.524. The van der Waals surface area contributed by atoms with Crippen LogP contribution in [0.15, 0.2) is 18.2 Å². The first-order chi connectivity index (χ1) is 12.6. The molecular formula is C21H26N2O3. The summed E-state index contributed by atoms with van der Waals surface area (Å²) in [7, 11) is 0. The van der Waals surface area contributed by atoms with Crippen LogP contribution in [0.3, 0.4) is 0 Å². The summed E-state index contributed by atoms with van der Waals surface area (Å²) in [5, 5.41) is 4.04. The van der Waals surface area contributed by atoms with E-state index in [1.165, 1.54) is 17.7 Å². The third-order valence-electron chi connectivity index (χ3n) is 5.72. The molecule has 0 radical (unpaired) electrons. The van der Waals surface area contributed by atoms with Crippen LogP contribution in [0.2, 0.25) is 0 Å². The molecule has 0 spiro atoms. The van der Waals surface area contributed by atoms with Crippen molar-refractivity contribution < 1.29 is 14.3 Å². The standard InChI is InChI=1S/C21H26N2O3/c1-13-6-8-18-16(10-13)17-11-14(7-9-19(17)23-18)21(25)26-12-20(24)22-15-4-2-3-5-15/h7,9,11,13,15,23H,2-6,8,10,12H2,1H3,(H,22,24)/t13-/m1/s1. The van der Waals surface area contributed by atoms with E-state index in [0.717, 1.165) is 49.4 Å². The average molecular weight is 354 g/mol. The summed E-state index contributed by atoms with van der Waals surface area (Å²) in [6.45, 7) is 2.05. The number of esters is 1. The first kappa shape index (κ1) is 17.1. The van der Waals surface area contributed by atoms with Gasteiger partial charge in [-0.2, -0.15) is 0 Å². The zero-order chi connectivity index (χ0) is 18.1. The molecule has 138 valence electrons. The van der Waals surface area contributed by atoms with Crippen molar-refractivity contribution in [3.8, 4) is 0 Å². The maximum Gasteiger partial charge on any atom is 0.338 e. The number of aryl methyl sites for hydroxylation is 1. The Bertz CT molecular complexity index is 833. The molecule has 1 aromatic carbocycles. The minimum absolute atomic E-state index is 0.209.